The number of rotatable bonds is 4. The van der Waals surface area contributed by atoms with Crippen molar-refractivity contribution in [3.63, 3.8) is 0 Å². The molecule has 0 unspecified atom stereocenters. The SMILES string of the molecule is CCc1c(C(=O)N2CC[C@@H](CS(N)(=O)=O)C2)[nH]c2ccccc12. The second-order valence-corrected chi connectivity index (χ2v) is 7.77. The van der Waals surface area contributed by atoms with E-state index in [9.17, 15) is 13.2 Å². The van der Waals surface area contributed by atoms with Crippen molar-refractivity contribution in [3.8, 4) is 0 Å². The van der Waals surface area contributed by atoms with Gasteiger partial charge in [-0.05, 0) is 30.4 Å². The molecule has 0 spiro atoms. The minimum absolute atomic E-state index is 0.0602. The third kappa shape index (κ3) is 3.25. The van der Waals surface area contributed by atoms with Gasteiger partial charge in [-0.25, -0.2) is 13.6 Å². The first-order valence-corrected chi connectivity index (χ1v) is 9.50. The van der Waals surface area contributed by atoms with Crippen LogP contribution < -0.4 is 5.14 Å². The summed E-state index contributed by atoms with van der Waals surface area (Å²) in [4.78, 5) is 17.8. The highest BCUT2D eigenvalue weighted by Gasteiger charge is 2.31. The first-order valence-electron chi connectivity index (χ1n) is 7.78. The highest BCUT2D eigenvalue weighted by molar-refractivity contribution is 7.89. The number of aromatic amines is 1. The number of carbonyl (C=O) groups excluding carboxylic acids is 1. The van der Waals surface area contributed by atoms with Crippen LogP contribution in [0.5, 0.6) is 0 Å². The van der Waals surface area contributed by atoms with Gasteiger partial charge in [0.15, 0.2) is 0 Å². The Hall–Kier alpha value is -1.86. The van der Waals surface area contributed by atoms with Crippen LogP contribution in [0.2, 0.25) is 0 Å². The van der Waals surface area contributed by atoms with Crippen LogP contribution in [0, 0.1) is 5.92 Å². The molecule has 1 aliphatic rings. The Morgan fingerprint density at radius 3 is 2.83 bits per heavy atom. The van der Waals surface area contributed by atoms with Gasteiger partial charge in [0.1, 0.15) is 5.69 Å². The number of benzene rings is 1. The van der Waals surface area contributed by atoms with Crippen molar-refractivity contribution < 1.29 is 13.2 Å². The zero-order chi connectivity index (χ0) is 16.6. The topological polar surface area (TPSA) is 96.3 Å². The molecule has 1 amide bonds. The Labute approximate surface area is 135 Å². The van der Waals surface area contributed by atoms with Crippen molar-refractivity contribution in [3.05, 3.63) is 35.5 Å². The predicted octanol–water partition coefficient (Wildman–Crippen LogP) is 1.48. The number of amides is 1. The zero-order valence-electron chi connectivity index (χ0n) is 13.1. The smallest absolute Gasteiger partial charge is 0.270 e. The molecule has 1 aromatic carbocycles. The number of aromatic nitrogens is 1. The third-order valence-electron chi connectivity index (χ3n) is 4.42. The van der Waals surface area contributed by atoms with Crippen LogP contribution in [0.25, 0.3) is 10.9 Å². The quantitative estimate of drug-likeness (QED) is 0.886. The van der Waals surface area contributed by atoms with E-state index >= 15 is 0 Å². The van der Waals surface area contributed by atoms with E-state index in [1.165, 1.54) is 0 Å². The Bertz CT molecular complexity index is 841. The van der Waals surface area contributed by atoms with Gasteiger partial charge in [0.2, 0.25) is 10.0 Å². The van der Waals surface area contributed by atoms with E-state index in [2.05, 4.69) is 4.98 Å². The summed E-state index contributed by atoms with van der Waals surface area (Å²) in [6.07, 6.45) is 1.43. The average molecular weight is 335 g/mol. The van der Waals surface area contributed by atoms with Crippen LogP contribution in [0.4, 0.5) is 0 Å². The van der Waals surface area contributed by atoms with Crippen LogP contribution in [-0.4, -0.2) is 43.1 Å². The number of H-pyrrole nitrogens is 1. The van der Waals surface area contributed by atoms with Crippen LogP contribution in [-0.2, 0) is 16.4 Å². The van der Waals surface area contributed by atoms with Gasteiger partial charge >= 0.3 is 0 Å². The van der Waals surface area contributed by atoms with Gasteiger partial charge < -0.3 is 9.88 Å². The minimum Gasteiger partial charge on any atom is -0.350 e. The maximum Gasteiger partial charge on any atom is 0.270 e. The lowest BCUT2D eigenvalue weighted by molar-refractivity contribution is 0.0782. The maximum atomic E-state index is 12.8. The Morgan fingerprint density at radius 2 is 2.13 bits per heavy atom. The van der Waals surface area contributed by atoms with Crippen LogP contribution in [0.3, 0.4) is 0 Å². The average Bonchev–Trinajstić information content (AvgIpc) is 3.08. The van der Waals surface area contributed by atoms with Gasteiger partial charge in [-0.15, -0.1) is 0 Å². The fourth-order valence-corrected chi connectivity index (χ4v) is 4.32. The van der Waals surface area contributed by atoms with Crippen molar-refractivity contribution in [2.75, 3.05) is 18.8 Å². The van der Waals surface area contributed by atoms with E-state index in [4.69, 9.17) is 5.14 Å². The Morgan fingerprint density at radius 1 is 1.39 bits per heavy atom. The molecule has 1 atom stereocenters. The second kappa shape index (κ2) is 5.98. The number of likely N-dealkylation sites (tertiary alicyclic amines) is 1. The molecule has 2 heterocycles. The highest BCUT2D eigenvalue weighted by Crippen LogP contribution is 2.26. The molecule has 0 bridgehead atoms. The summed E-state index contributed by atoms with van der Waals surface area (Å²) in [5.74, 6) is -0.206. The zero-order valence-corrected chi connectivity index (χ0v) is 13.9. The molecular formula is C16H21N3O3S. The predicted molar refractivity (Wildman–Crippen MR) is 89.7 cm³/mol. The normalized spacial score (nSPS) is 18.7. The van der Waals surface area contributed by atoms with E-state index < -0.39 is 10.0 Å². The minimum atomic E-state index is -3.50. The number of para-hydroxylation sites is 1. The molecule has 3 rings (SSSR count). The number of carbonyl (C=O) groups is 1. The lowest BCUT2D eigenvalue weighted by atomic mass is 10.1. The molecule has 2 aromatic rings. The summed E-state index contributed by atoms with van der Waals surface area (Å²) in [5, 5.41) is 6.18. The molecular weight excluding hydrogens is 314 g/mol. The first-order chi connectivity index (χ1) is 10.9. The monoisotopic (exact) mass is 335 g/mol. The number of primary sulfonamides is 1. The molecule has 1 saturated heterocycles. The van der Waals surface area contributed by atoms with Gasteiger partial charge in [-0.2, -0.15) is 0 Å². The van der Waals surface area contributed by atoms with Crippen molar-refractivity contribution in [1.82, 2.24) is 9.88 Å². The van der Waals surface area contributed by atoms with Crippen molar-refractivity contribution in [1.29, 1.82) is 0 Å². The molecule has 6 nitrogen and oxygen atoms in total. The van der Waals surface area contributed by atoms with Crippen molar-refractivity contribution in [2.45, 2.75) is 19.8 Å². The number of nitrogens with two attached hydrogens (primary N) is 1. The largest absolute Gasteiger partial charge is 0.350 e. The lowest BCUT2D eigenvalue weighted by Crippen LogP contribution is -2.31. The molecule has 3 N–H and O–H groups in total. The molecule has 7 heteroatoms. The van der Waals surface area contributed by atoms with E-state index in [0.29, 0.717) is 25.2 Å². The molecule has 1 aromatic heterocycles. The van der Waals surface area contributed by atoms with Gasteiger partial charge in [0.05, 0.1) is 5.75 Å². The van der Waals surface area contributed by atoms with Gasteiger partial charge in [0, 0.05) is 24.0 Å². The maximum absolute atomic E-state index is 12.8. The molecule has 1 fully saturated rings. The van der Waals surface area contributed by atoms with Crippen LogP contribution >= 0.6 is 0 Å². The first kappa shape index (κ1) is 16.0. The summed E-state index contributed by atoms with van der Waals surface area (Å²) in [7, 11) is -3.50. The Kier molecular flexibility index (Phi) is 4.16. The van der Waals surface area contributed by atoms with E-state index in [1.54, 1.807) is 4.90 Å². The molecule has 1 aliphatic heterocycles. The van der Waals surface area contributed by atoms with Crippen LogP contribution in [0.1, 0.15) is 29.4 Å². The van der Waals surface area contributed by atoms with Gasteiger partial charge in [0.25, 0.3) is 5.91 Å². The lowest BCUT2D eigenvalue weighted by Gasteiger charge is -2.16. The number of aryl methyl sites for hydroxylation is 1. The summed E-state index contributed by atoms with van der Waals surface area (Å²) in [5.41, 5.74) is 2.58. The number of fused-ring (bicyclic) bond motifs is 1. The van der Waals surface area contributed by atoms with Crippen LogP contribution in [0.15, 0.2) is 24.3 Å². The number of nitrogens with zero attached hydrogens (tertiary/aromatic N) is 1. The molecule has 0 aliphatic carbocycles. The summed E-state index contributed by atoms with van der Waals surface area (Å²) in [6.45, 7) is 3.03. The number of nitrogens with one attached hydrogen (secondary N) is 1. The van der Waals surface area contributed by atoms with Gasteiger partial charge in [-0.3, -0.25) is 4.79 Å². The highest BCUT2D eigenvalue weighted by atomic mass is 32.2. The number of hydrogen-bond acceptors (Lipinski definition) is 3. The van der Waals surface area contributed by atoms with Crippen molar-refractivity contribution in [2.24, 2.45) is 11.1 Å². The standard InChI is InChI=1S/C16H21N3O3S/c1-2-12-13-5-3-4-6-14(13)18-15(12)16(20)19-8-7-11(9-19)10-23(17,21)22/h3-6,11,18H,2,7-10H2,1H3,(H2,17,21,22)/t11-/m1/s1. The summed E-state index contributed by atoms with van der Waals surface area (Å²) in [6, 6.07) is 7.86. The molecule has 124 valence electrons. The summed E-state index contributed by atoms with van der Waals surface area (Å²) >= 11 is 0. The molecule has 23 heavy (non-hydrogen) atoms. The summed E-state index contributed by atoms with van der Waals surface area (Å²) < 4.78 is 22.4. The van der Waals surface area contributed by atoms with E-state index in [-0.39, 0.29) is 17.6 Å². The number of hydrogen-bond donors (Lipinski definition) is 2. The third-order valence-corrected chi connectivity index (χ3v) is 5.36. The number of sulfonamides is 1. The fourth-order valence-electron chi connectivity index (χ4n) is 3.39. The van der Waals surface area contributed by atoms with Gasteiger partial charge in [-0.1, -0.05) is 25.1 Å². The Balaban J connectivity index is 1.84. The fraction of sp³-hybridized carbons (Fsp3) is 0.438. The second-order valence-electron chi connectivity index (χ2n) is 6.11. The van der Waals surface area contributed by atoms with E-state index in [1.807, 2.05) is 31.2 Å². The van der Waals surface area contributed by atoms with Crippen molar-refractivity contribution >= 4 is 26.8 Å². The molecule has 0 saturated carbocycles. The molecule has 0 radical (unpaired) electrons. The van der Waals surface area contributed by atoms with E-state index in [0.717, 1.165) is 22.9 Å².